The fourth-order valence-corrected chi connectivity index (χ4v) is 3.82. The van der Waals surface area contributed by atoms with E-state index < -0.39 is 34.2 Å². The van der Waals surface area contributed by atoms with Crippen molar-refractivity contribution >= 4 is 33.7 Å². The van der Waals surface area contributed by atoms with Gasteiger partial charge in [-0.05, 0) is 61.1 Å². The van der Waals surface area contributed by atoms with Gasteiger partial charge in [0, 0.05) is 32.3 Å². The summed E-state index contributed by atoms with van der Waals surface area (Å²) in [6.45, 7) is 1.22. The number of nitrogens with two attached hydrogens (primary N) is 2. The zero-order valence-corrected chi connectivity index (χ0v) is 23.4. The van der Waals surface area contributed by atoms with E-state index in [0.717, 1.165) is 42.5 Å². The van der Waals surface area contributed by atoms with Gasteiger partial charge in [0.1, 0.15) is 11.8 Å². The Morgan fingerprint density at radius 1 is 1.02 bits per heavy atom. The van der Waals surface area contributed by atoms with E-state index in [1.54, 1.807) is 18.2 Å². The molecule has 0 saturated heterocycles. The van der Waals surface area contributed by atoms with E-state index in [0.29, 0.717) is 31.6 Å². The Balaban J connectivity index is 0.000000562. The van der Waals surface area contributed by atoms with Crippen molar-refractivity contribution in [3.8, 4) is 5.75 Å². The number of aliphatic carboxylic acids is 2. The number of hydrogen-bond acceptors (Lipinski definition) is 9. The second kappa shape index (κ2) is 17.7. The maximum absolute atomic E-state index is 11.2. The van der Waals surface area contributed by atoms with Crippen molar-refractivity contribution < 1.29 is 37.1 Å². The van der Waals surface area contributed by atoms with Crippen LogP contribution in [0.15, 0.2) is 48.5 Å². The molecule has 0 aliphatic rings. The Morgan fingerprint density at radius 2 is 1.70 bits per heavy atom. The summed E-state index contributed by atoms with van der Waals surface area (Å²) in [4.78, 5) is 21.2. The number of guanidine groups is 1. The molecule has 0 saturated carbocycles. The molecule has 0 radical (unpaired) electrons. The van der Waals surface area contributed by atoms with Gasteiger partial charge in [-0.2, -0.15) is 8.42 Å². The van der Waals surface area contributed by atoms with E-state index >= 15 is 0 Å². The summed E-state index contributed by atoms with van der Waals surface area (Å²) in [6.07, 6.45) is 3.10. The van der Waals surface area contributed by atoms with Crippen molar-refractivity contribution in [2.24, 2.45) is 11.5 Å². The number of rotatable bonds is 16. The molecule has 2 aromatic carbocycles. The lowest BCUT2D eigenvalue weighted by atomic mass is 10.1. The van der Waals surface area contributed by atoms with Gasteiger partial charge in [-0.15, -0.1) is 0 Å². The van der Waals surface area contributed by atoms with Gasteiger partial charge in [0.2, 0.25) is 0 Å². The normalized spacial score (nSPS) is 12.3. The number of carboxylic acid groups (broad SMARTS) is 2. The molecule has 0 aromatic heterocycles. The van der Waals surface area contributed by atoms with Crippen molar-refractivity contribution in [3.05, 3.63) is 59.7 Å². The van der Waals surface area contributed by atoms with E-state index in [-0.39, 0.29) is 5.96 Å². The van der Waals surface area contributed by atoms with Crippen molar-refractivity contribution in [1.82, 2.24) is 5.32 Å². The second-order valence-electron chi connectivity index (χ2n) is 8.86. The van der Waals surface area contributed by atoms with Gasteiger partial charge in [-0.1, -0.05) is 24.3 Å². The monoisotopic (exact) mass is 581 g/mol. The summed E-state index contributed by atoms with van der Waals surface area (Å²) in [5.41, 5.74) is 13.1. The Kier molecular flexibility index (Phi) is 15.1. The van der Waals surface area contributed by atoms with Crippen molar-refractivity contribution in [2.45, 2.75) is 44.2 Å². The zero-order chi connectivity index (χ0) is 30.1. The quantitative estimate of drug-likeness (QED) is 0.0645. The molecule has 0 aliphatic carbocycles. The number of aryl methyl sites for hydroxylation is 1. The molecule has 0 bridgehead atoms. The van der Waals surface area contributed by atoms with E-state index in [4.69, 9.17) is 36.0 Å². The van der Waals surface area contributed by atoms with Crippen LogP contribution in [0.2, 0.25) is 0 Å². The Labute approximate surface area is 234 Å². The number of carboxylic acids is 2. The van der Waals surface area contributed by atoms with Crippen LogP contribution in [0.3, 0.4) is 0 Å². The standard InChI is InChI=1S/C20H25NO6S.C6H14N4O2/c1-26-19(20(22)23)14-16-8-10-17(11-9-16)21-12-4-6-15-5-3-7-18(13-15)27-28(2,24)25;7-4(5(11)12)2-1-3-10-6(8)9/h3,5,7-11,13,19,21H,4,6,12,14H2,1-2H3,(H,22,23);4H,1-3,7H2,(H,11,12)(H4,8,9,10). The fraction of sp³-hybridized carbons (Fsp3) is 0.423. The molecule has 14 heteroatoms. The van der Waals surface area contributed by atoms with Gasteiger partial charge >= 0.3 is 22.1 Å². The maximum atomic E-state index is 11.2. The van der Waals surface area contributed by atoms with Gasteiger partial charge in [-0.25, -0.2) is 4.79 Å². The van der Waals surface area contributed by atoms with E-state index in [1.165, 1.54) is 7.11 Å². The minimum absolute atomic E-state index is 0.112. The van der Waals surface area contributed by atoms with Crippen LogP contribution in [-0.4, -0.2) is 75.1 Å². The number of hydrogen-bond donors (Lipinski definition) is 7. The number of nitrogens with one attached hydrogen (secondary N) is 3. The highest BCUT2D eigenvalue weighted by atomic mass is 32.2. The van der Waals surface area contributed by atoms with Crippen molar-refractivity contribution in [3.63, 3.8) is 0 Å². The van der Waals surface area contributed by atoms with Gasteiger partial charge in [0.15, 0.2) is 12.1 Å². The lowest BCUT2D eigenvalue weighted by Gasteiger charge is -2.11. The molecule has 40 heavy (non-hydrogen) atoms. The number of methoxy groups -OCH3 is 1. The fourth-order valence-electron chi connectivity index (χ4n) is 3.37. The highest BCUT2D eigenvalue weighted by Crippen LogP contribution is 2.17. The highest BCUT2D eigenvalue weighted by Gasteiger charge is 2.16. The number of benzene rings is 2. The summed E-state index contributed by atoms with van der Waals surface area (Å²) >= 11 is 0. The average molecular weight is 582 g/mol. The molecule has 13 nitrogen and oxygen atoms in total. The molecule has 0 heterocycles. The predicted molar refractivity (Wildman–Crippen MR) is 152 cm³/mol. The van der Waals surface area contributed by atoms with Crippen LogP contribution < -0.4 is 26.3 Å². The van der Waals surface area contributed by atoms with E-state index in [1.807, 2.05) is 30.3 Å². The first kappa shape index (κ1) is 34.1. The molecule has 2 unspecified atom stereocenters. The van der Waals surface area contributed by atoms with E-state index in [2.05, 4.69) is 10.6 Å². The predicted octanol–water partition coefficient (Wildman–Crippen LogP) is 1.37. The number of anilines is 1. The summed E-state index contributed by atoms with van der Waals surface area (Å²) < 4.78 is 32.2. The van der Waals surface area contributed by atoms with Crippen LogP contribution >= 0.6 is 0 Å². The molecule has 9 N–H and O–H groups in total. The molecular formula is C26H39N5O8S. The van der Waals surface area contributed by atoms with Gasteiger partial charge in [0.05, 0.1) is 6.26 Å². The van der Waals surface area contributed by atoms with Crippen LogP contribution in [0, 0.1) is 5.41 Å². The van der Waals surface area contributed by atoms with Gasteiger partial charge in [-0.3, -0.25) is 10.2 Å². The maximum Gasteiger partial charge on any atom is 0.333 e. The van der Waals surface area contributed by atoms with E-state index in [9.17, 15) is 18.0 Å². The zero-order valence-electron chi connectivity index (χ0n) is 22.6. The lowest BCUT2D eigenvalue weighted by Crippen LogP contribution is -2.34. The SMILES string of the molecule is COC(Cc1ccc(NCCCc2cccc(OS(C)(=O)=O)c2)cc1)C(=O)O.N=C(N)NCCCC(N)C(=O)O. The molecule has 0 aliphatic heterocycles. The van der Waals surface area contributed by atoms with Crippen LogP contribution in [-0.2, 0) is 37.3 Å². The second-order valence-corrected chi connectivity index (χ2v) is 10.4. The largest absolute Gasteiger partial charge is 0.480 e. The molecule has 0 spiro atoms. The third-order valence-corrected chi connectivity index (χ3v) is 5.87. The van der Waals surface area contributed by atoms with Crippen LogP contribution in [0.4, 0.5) is 5.69 Å². The first-order valence-electron chi connectivity index (χ1n) is 12.4. The van der Waals surface area contributed by atoms with Gasteiger partial charge < -0.3 is 41.2 Å². The minimum Gasteiger partial charge on any atom is -0.480 e. The van der Waals surface area contributed by atoms with Crippen LogP contribution in [0.5, 0.6) is 5.75 Å². The Hall–Kier alpha value is -3.88. The average Bonchev–Trinajstić information content (AvgIpc) is 2.87. The highest BCUT2D eigenvalue weighted by molar-refractivity contribution is 7.86. The van der Waals surface area contributed by atoms with Crippen molar-refractivity contribution in [1.29, 1.82) is 5.41 Å². The molecule has 2 atom stereocenters. The molecular weight excluding hydrogens is 542 g/mol. The summed E-state index contributed by atoms with van der Waals surface area (Å²) in [5, 5.41) is 30.0. The Morgan fingerprint density at radius 3 is 2.25 bits per heavy atom. The smallest absolute Gasteiger partial charge is 0.333 e. The summed E-state index contributed by atoms with van der Waals surface area (Å²) in [5.74, 6) is -1.77. The van der Waals surface area contributed by atoms with Crippen LogP contribution in [0.25, 0.3) is 0 Å². The topological polar surface area (TPSA) is 227 Å². The van der Waals surface area contributed by atoms with Crippen LogP contribution in [0.1, 0.15) is 30.4 Å². The molecule has 222 valence electrons. The lowest BCUT2D eigenvalue weighted by molar-refractivity contribution is -0.148. The summed E-state index contributed by atoms with van der Waals surface area (Å²) in [6, 6.07) is 13.8. The molecule has 2 aromatic rings. The number of carbonyl (C=O) groups is 2. The van der Waals surface area contributed by atoms with Crippen molar-refractivity contribution in [2.75, 3.05) is 31.8 Å². The minimum atomic E-state index is -3.53. The molecule has 0 amide bonds. The summed E-state index contributed by atoms with van der Waals surface area (Å²) in [7, 11) is -2.14. The number of ether oxygens (including phenoxy) is 1. The first-order chi connectivity index (χ1) is 18.8. The Bertz CT molecular complexity index is 1190. The molecule has 2 rings (SSSR count). The first-order valence-corrected chi connectivity index (χ1v) is 14.3. The van der Waals surface area contributed by atoms with Gasteiger partial charge in [0.25, 0.3) is 0 Å². The third-order valence-electron chi connectivity index (χ3n) is 5.38. The third kappa shape index (κ3) is 15.5. The molecule has 0 fully saturated rings.